The Morgan fingerprint density at radius 1 is 1.11 bits per heavy atom. The van der Waals surface area contributed by atoms with Crippen molar-refractivity contribution >= 4 is 5.91 Å². The van der Waals surface area contributed by atoms with Gasteiger partial charge in [0.1, 0.15) is 5.75 Å². The van der Waals surface area contributed by atoms with Gasteiger partial charge in [-0.2, -0.15) is 0 Å². The maximum absolute atomic E-state index is 11.5. The summed E-state index contributed by atoms with van der Waals surface area (Å²) in [6.07, 6.45) is 14.3. The number of amides is 1. The molecule has 1 aromatic rings. The molecular weight excluding hydrogens is 346 g/mol. The molecule has 1 aliphatic carbocycles. The first-order valence-corrected chi connectivity index (χ1v) is 11.2. The number of nitrogens with zero attached hydrogens (tertiary/aromatic N) is 1. The van der Waals surface area contributed by atoms with E-state index in [0.717, 1.165) is 43.6 Å². The van der Waals surface area contributed by atoms with Gasteiger partial charge < -0.3 is 9.64 Å². The van der Waals surface area contributed by atoms with E-state index in [1.807, 2.05) is 7.05 Å². The van der Waals surface area contributed by atoms with E-state index in [2.05, 4.69) is 37.8 Å². The fraction of sp³-hybridized carbons (Fsp3) is 0.640. The minimum absolute atomic E-state index is 0.0151. The van der Waals surface area contributed by atoms with Gasteiger partial charge in [0.15, 0.2) is 0 Å². The number of rotatable bonds is 12. The third kappa shape index (κ3) is 8.08. The molecule has 3 nitrogen and oxygen atoms in total. The number of unbranched alkanes of at least 4 members (excludes halogenated alkanes) is 2. The number of ether oxygens (including phenoxy) is 1. The fourth-order valence-corrected chi connectivity index (χ4v) is 4.12. The van der Waals surface area contributed by atoms with Gasteiger partial charge in [0.05, 0.1) is 6.61 Å². The molecule has 0 radical (unpaired) electrons. The molecule has 0 bridgehead atoms. The monoisotopic (exact) mass is 385 g/mol. The van der Waals surface area contributed by atoms with Crippen LogP contribution in [0.4, 0.5) is 0 Å². The molecule has 1 saturated carbocycles. The molecule has 2 rings (SSSR count). The highest BCUT2D eigenvalue weighted by atomic mass is 16.5. The van der Waals surface area contributed by atoms with Crippen LogP contribution in [0.3, 0.4) is 0 Å². The van der Waals surface area contributed by atoms with Crippen LogP contribution in [0.2, 0.25) is 0 Å². The molecule has 0 atom stereocenters. The lowest BCUT2D eigenvalue weighted by atomic mass is 9.80. The van der Waals surface area contributed by atoms with E-state index in [4.69, 9.17) is 4.74 Å². The number of likely N-dealkylation sites (N-methyl/N-ethyl adjacent to an activating group) is 1. The SMILES string of the molecule is C=CC(=O)N(C)CCCc1ccc(OCC2CCC(CCCCC)CC2)cc1. The molecule has 0 aromatic heterocycles. The van der Waals surface area contributed by atoms with Crippen LogP contribution in [0.25, 0.3) is 0 Å². The first-order valence-electron chi connectivity index (χ1n) is 11.2. The first kappa shape index (κ1) is 22.5. The average Bonchev–Trinajstić information content (AvgIpc) is 2.73. The summed E-state index contributed by atoms with van der Waals surface area (Å²) in [6.45, 7) is 7.42. The average molecular weight is 386 g/mol. The zero-order chi connectivity index (χ0) is 20.2. The number of hydrogen-bond donors (Lipinski definition) is 0. The van der Waals surface area contributed by atoms with Crippen molar-refractivity contribution in [3.63, 3.8) is 0 Å². The van der Waals surface area contributed by atoms with Crippen molar-refractivity contribution in [2.45, 2.75) is 71.1 Å². The Kier molecular flexibility index (Phi) is 10.2. The van der Waals surface area contributed by atoms with Gasteiger partial charge in [-0.05, 0) is 61.3 Å². The third-order valence-electron chi connectivity index (χ3n) is 6.10. The van der Waals surface area contributed by atoms with Crippen LogP contribution in [-0.4, -0.2) is 31.0 Å². The minimum atomic E-state index is -0.0151. The molecule has 156 valence electrons. The predicted molar refractivity (Wildman–Crippen MR) is 118 cm³/mol. The first-order chi connectivity index (χ1) is 13.6. The highest BCUT2D eigenvalue weighted by Crippen LogP contribution is 2.32. The number of carbonyl (C=O) groups is 1. The smallest absolute Gasteiger partial charge is 0.245 e. The Hall–Kier alpha value is -1.77. The van der Waals surface area contributed by atoms with E-state index in [1.54, 1.807) is 4.90 Å². The maximum Gasteiger partial charge on any atom is 0.245 e. The van der Waals surface area contributed by atoms with E-state index in [9.17, 15) is 4.79 Å². The van der Waals surface area contributed by atoms with Crippen LogP contribution in [0.1, 0.15) is 70.3 Å². The van der Waals surface area contributed by atoms with E-state index in [0.29, 0.717) is 0 Å². The maximum atomic E-state index is 11.5. The van der Waals surface area contributed by atoms with Gasteiger partial charge in [-0.15, -0.1) is 0 Å². The highest BCUT2D eigenvalue weighted by molar-refractivity contribution is 5.86. The Morgan fingerprint density at radius 2 is 1.79 bits per heavy atom. The van der Waals surface area contributed by atoms with Gasteiger partial charge in [-0.3, -0.25) is 4.79 Å². The van der Waals surface area contributed by atoms with Crippen LogP contribution in [0.15, 0.2) is 36.9 Å². The normalized spacial score (nSPS) is 19.2. The van der Waals surface area contributed by atoms with Gasteiger partial charge >= 0.3 is 0 Å². The quantitative estimate of drug-likeness (QED) is 0.325. The summed E-state index contributed by atoms with van der Waals surface area (Å²) in [7, 11) is 1.82. The van der Waals surface area contributed by atoms with E-state index < -0.39 is 0 Å². The molecule has 28 heavy (non-hydrogen) atoms. The van der Waals surface area contributed by atoms with Crippen molar-refractivity contribution < 1.29 is 9.53 Å². The molecule has 0 aliphatic heterocycles. The van der Waals surface area contributed by atoms with Crippen LogP contribution >= 0.6 is 0 Å². The molecule has 0 saturated heterocycles. The zero-order valence-corrected chi connectivity index (χ0v) is 18.0. The second kappa shape index (κ2) is 12.6. The van der Waals surface area contributed by atoms with Crippen molar-refractivity contribution in [3.05, 3.63) is 42.5 Å². The standard InChI is InChI=1S/C25H39NO2/c1-4-6-7-9-21-11-13-23(14-12-21)20-28-24-17-15-22(16-18-24)10-8-19-26(3)25(27)5-2/h5,15-18,21,23H,2,4,6-14,19-20H2,1,3H3. The zero-order valence-electron chi connectivity index (χ0n) is 18.0. The van der Waals surface area contributed by atoms with Gasteiger partial charge in [-0.25, -0.2) is 0 Å². The van der Waals surface area contributed by atoms with Crippen molar-refractivity contribution in [1.82, 2.24) is 4.90 Å². The molecule has 1 fully saturated rings. The van der Waals surface area contributed by atoms with Gasteiger partial charge in [0.25, 0.3) is 0 Å². The van der Waals surface area contributed by atoms with E-state index in [-0.39, 0.29) is 5.91 Å². The van der Waals surface area contributed by atoms with Gasteiger partial charge in [0.2, 0.25) is 5.91 Å². The molecule has 1 aliphatic rings. The summed E-state index contributed by atoms with van der Waals surface area (Å²) in [6, 6.07) is 8.47. The second-order valence-corrected chi connectivity index (χ2v) is 8.40. The van der Waals surface area contributed by atoms with Crippen LogP contribution in [0.5, 0.6) is 5.75 Å². The van der Waals surface area contributed by atoms with Crippen LogP contribution < -0.4 is 4.74 Å². The van der Waals surface area contributed by atoms with Gasteiger partial charge in [0, 0.05) is 13.6 Å². The number of carbonyl (C=O) groups excluding carboxylic acids is 1. The summed E-state index contributed by atoms with van der Waals surface area (Å²) in [4.78, 5) is 13.2. The van der Waals surface area contributed by atoms with E-state index in [1.165, 1.54) is 63.0 Å². The topological polar surface area (TPSA) is 29.5 Å². The summed E-state index contributed by atoms with van der Waals surface area (Å²) in [5.41, 5.74) is 1.29. The summed E-state index contributed by atoms with van der Waals surface area (Å²) >= 11 is 0. The fourth-order valence-electron chi connectivity index (χ4n) is 4.12. The number of benzene rings is 1. The van der Waals surface area contributed by atoms with Crippen LogP contribution in [0, 0.1) is 11.8 Å². The van der Waals surface area contributed by atoms with Crippen LogP contribution in [-0.2, 0) is 11.2 Å². The molecule has 1 amide bonds. The lowest BCUT2D eigenvalue weighted by Crippen LogP contribution is -2.25. The van der Waals surface area contributed by atoms with Crippen molar-refractivity contribution in [3.8, 4) is 5.75 Å². The molecule has 0 unspecified atom stereocenters. The minimum Gasteiger partial charge on any atom is -0.493 e. The number of aryl methyl sites for hydroxylation is 1. The molecule has 0 spiro atoms. The molecular formula is C25H39NO2. The number of hydrogen-bond acceptors (Lipinski definition) is 2. The summed E-state index contributed by atoms with van der Waals surface area (Å²) < 4.78 is 6.06. The summed E-state index contributed by atoms with van der Waals surface area (Å²) in [5, 5.41) is 0. The molecule has 0 heterocycles. The third-order valence-corrected chi connectivity index (χ3v) is 6.10. The Balaban J connectivity index is 1.62. The lowest BCUT2D eigenvalue weighted by molar-refractivity contribution is -0.124. The van der Waals surface area contributed by atoms with Crippen molar-refractivity contribution in [2.24, 2.45) is 11.8 Å². The largest absolute Gasteiger partial charge is 0.493 e. The Labute approximate surface area is 172 Å². The van der Waals surface area contributed by atoms with E-state index >= 15 is 0 Å². The predicted octanol–water partition coefficient (Wildman–Crippen LogP) is 6.03. The molecule has 0 N–H and O–H groups in total. The van der Waals surface area contributed by atoms with Crippen molar-refractivity contribution in [1.29, 1.82) is 0 Å². The molecule has 1 aromatic carbocycles. The summed E-state index contributed by atoms with van der Waals surface area (Å²) in [5.74, 6) is 2.65. The van der Waals surface area contributed by atoms with Crippen molar-refractivity contribution in [2.75, 3.05) is 20.2 Å². The second-order valence-electron chi connectivity index (χ2n) is 8.40. The Bertz CT molecular complexity index is 573. The lowest BCUT2D eigenvalue weighted by Gasteiger charge is -2.28. The van der Waals surface area contributed by atoms with Gasteiger partial charge in [-0.1, -0.05) is 64.2 Å². The molecule has 3 heteroatoms. The highest BCUT2D eigenvalue weighted by Gasteiger charge is 2.21. The Morgan fingerprint density at radius 3 is 2.43 bits per heavy atom.